The standard InChI is InChI=1S/C19H29F3N4O3.HI/c1-13(19(20,21)22)25-6-8-26(9-7-25)18(23-2)24-12-14-10-16(28-4)17(29-5)11-15(14)27-3;/h10-11,13H,6-9,12H2,1-5H3,(H,23,24);1H. The summed E-state index contributed by atoms with van der Waals surface area (Å²) in [6.07, 6.45) is -4.22. The van der Waals surface area contributed by atoms with Crippen LogP contribution in [-0.4, -0.2) is 82.5 Å². The van der Waals surface area contributed by atoms with Crippen molar-refractivity contribution in [1.29, 1.82) is 0 Å². The van der Waals surface area contributed by atoms with Crippen molar-refractivity contribution in [3.63, 3.8) is 0 Å². The third-order valence-electron chi connectivity index (χ3n) is 5.07. The largest absolute Gasteiger partial charge is 0.496 e. The SMILES string of the molecule is CN=C(NCc1cc(OC)c(OC)cc1OC)N1CCN(C(C)C(F)(F)F)CC1.I. The summed E-state index contributed by atoms with van der Waals surface area (Å²) in [7, 11) is 6.33. The van der Waals surface area contributed by atoms with Crippen LogP contribution in [0.5, 0.6) is 17.2 Å². The molecule has 1 aliphatic heterocycles. The van der Waals surface area contributed by atoms with Crippen LogP contribution in [-0.2, 0) is 6.54 Å². The second kappa shape index (κ2) is 11.7. The Bertz CT molecular complexity index is 711. The van der Waals surface area contributed by atoms with Gasteiger partial charge < -0.3 is 24.4 Å². The fraction of sp³-hybridized carbons (Fsp3) is 0.632. The van der Waals surface area contributed by atoms with Gasteiger partial charge in [-0.3, -0.25) is 9.89 Å². The zero-order chi connectivity index (χ0) is 21.6. The van der Waals surface area contributed by atoms with Crippen molar-refractivity contribution in [1.82, 2.24) is 15.1 Å². The topological polar surface area (TPSA) is 58.6 Å². The smallest absolute Gasteiger partial charge is 0.403 e. The summed E-state index contributed by atoms with van der Waals surface area (Å²) < 4.78 is 54.8. The average Bonchev–Trinajstić information content (AvgIpc) is 2.72. The zero-order valence-corrected chi connectivity index (χ0v) is 20.2. The molecule has 0 amide bonds. The molecule has 1 heterocycles. The molecule has 1 aromatic rings. The number of nitrogens with zero attached hydrogens (tertiary/aromatic N) is 3. The molecule has 172 valence electrons. The summed E-state index contributed by atoms with van der Waals surface area (Å²) in [5.74, 6) is 2.40. The molecule has 1 atom stereocenters. The second-order valence-corrected chi connectivity index (χ2v) is 6.66. The molecule has 7 nitrogen and oxygen atoms in total. The van der Waals surface area contributed by atoms with Crippen molar-refractivity contribution in [2.75, 3.05) is 54.6 Å². The number of nitrogens with one attached hydrogen (secondary N) is 1. The first-order chi connectivity index (χ1) is 13.7. The number of benzene rings is 1. The highest BCUT2D eigenvalue weighted by Gasteiger charge is 2.41. The molecule has 30 heavy (non-hydrogen) atoms. The van der Waals surface area contributed by atoms with Crippen molar-refractivity contribution >= 4 is 29.9 Å². The highest BCUT2D eigenvalue weighted by Crippen LogP contribution is 2.34. The Balaban J connectivity index is 0.00000450. The summed E-state index contributed by atoms with van der Waals surface area (Å²) in [6, 6.07) is 2.12. The minimum absolute atomic E-state index is 0. The van der Waals surface area contributed by atoms with Gasteiger partial charge in [-0.25, -0.2) is 0 Å². The molecular formula is C19H30F3IN4O3. The predicted molar refractivity (Wildman–Crippen MR) is 120 cm³/mol. The van der Waals surface area contributed by atoms with Gasteiger partial charge in [0.25, 0.3) is 0 Å². The maximum Gasteiger partial charge on any atom is 0.403 e. The highest BCUT2D eigenvalue weighted by atomic mass is 127. The van der Waals surface area contributed by atoms with Crippen LogP contribution in [0.3, 0.4) is 0 Å². The third-order valence-corrected chi connectivity index (χ3v) is 5.07. The molecule has 1 aliphatic rings. The number of ether oxygens (including phenoxy) is 3. The number of rotatable bonds is 6. The Morgan fingerprint density at radius 2 is 1.57 bits per heavy atom. The number of hydrogen-bond acceptors (Lipinski definition) is 5. The van der Waals surface area contributed by atoms with E-state index in [-0.39, 0.29) is 24.0 Å². The molecule has 1 unspecified atom stereocenters. The summed E-state index contributed by atoms with van der Waals surface area (Å²) in [4.78, 5) is 7.67. The van der Waals surface area contributed by atoms with E-state index in [0.717, 1.165) is 5.56 Å². The molecule has 2 rings (SSSR count). The number of halogens is 4. The lowest BCUT2D eigenvalue weighted by Crippen LogP contribution is -2.56. The van der Waals surface area contributed by atoms with Crippen LogP contribution in [0.25, 0.3) is 0 Å². The molecule has 1 fully saturated rings. The lowest BCUT2D eigenvalue weighted by molar-refractivity contribution is -0.181. The van der Waals surface area contributed by atoms with Gasteiger partial charge in [0, 0.05) is 51.4 Å². The molecule has 0 aliphatic carbocycles. The van der Waals surface area contributed by atoms with E-state index in [4.69, 9.17) is 14.2 Å². The first-order valence-corrected chi connectivity index (χ1v) is 9.30. The number of hydrogen-bond donors (Lipinski definition) is 1. The van der Waals surface area contributed by atoms with Crippen molar-refractivity contribution in [3.05, 3.63) is 17.7 Å². The van der Waals surface area contributed by atoms with E-state index in [0.29, 0.717) is 55.9 Å². The number of alkyl halides is 3. The number of piperazine rings is 1. The monoisotopic (exact) mass is 546 g/mol. The normalized spacial score (nSPS) is 16.5. The maximum absolute atomic E-state index is 12.9. The molecule has 1 saturated heterocycles. The van der Waals surface area contributed by atoms with Crippen molar-refractivity contribution < 1.29 is 27.4 Å². The third kappa shape index (κ3) is 6.43. The van der Waals surface area contributed by atoms with Crippen molar-refractivity contribution in [2.45, 2.75) is 25.7 Å². The van der Waals surface area contributed by atoms with E-state index in [1.165, 1.54) is 11.8 Å². The van der Waals surface area contributed by atoms with Gasteiger partial charge in [0.15, 0.2) is 17.5 Å². The molecule has 0 bridgehead atoms. The minimum atomic E-state index is -4.22. The molecule has 0 aromatic heterocycles. The fourth-order valence-corrected chi connectivity index (χ4v) is 3.27. The Hall–Kier alpha value is -1.63. The average molecular weight is 546 g/mol. The van der Waals surface area contributed by atoms with Crippen LogP contribution in [0.1, 0.15) is 12.5 Å². The van der Waals surface area contributed by atoms with Crippen LogP contribution in [0.2, 0.25) is 0 Å². The quantitative estimate of drug-likeness (QED) is 0.337. The molecule has 0 saturated carbocycles. The van der Waals surface area contributed by atoms with Gasteiger partial charge in [0.05, 0.1) is 21.3 Å². The summed E-state index contributed by atoms with van der Waals surface area (Å²) >= 11 is 0. The van der Waals surface area contributed by atoms with Crippen molar-refractivity contribution in [3.8, 4) is 17.2 Å². The molecule has 0 spiro atoms. The maximum atomic E-state index is 12.9. The molecule has 1 N–H and O–H groups in total. The van der Waals surface area contributed by atoms with Gasteiger partial charge >= 0.3 is 6.18 Å². The minimum Gasteiger partial charge on any atom is -0.496 e. The van der Waals surface area contributed by atoms with E-state index in [2.05, 4.69) is 10.3 Å². The van der Waals surface area contributed by atoms with Gasteiger partial charge in [-0.2, -0.15) is 13.2 Å². The number of guanidine groups is 1. The van der Waals surface area contributed by atoms with E-state index < -0.39 is 12.2 Å². The highest BCUT2D eigenvalue weighted by molar-refractivity contribution is 14.0. The number of aliphatic imine (C=N–C) groups is 1. The van der Waals surface area contributed by atoms with Crippen LogP contribution in [0.4, 0.5) is 13.2 Å². The first kappa shape index (κ1) is 26.4. The van der Waals surface area contributed by atoms with Crippen LogP contribution in [0, 0.1) is 0 Å². The molecule has 1 aromatic carbocycles. The Morgan fingerprint density at radius 3 is 2.03 bits per heavy atom. The van der Waals surface area contributed by atoms with Gasteiger partial charge in [0.1, 0.15) is 11.8 Å². The van der Waals surface area contributed by atoms with Gasteiger partial charge in [0.2, 0.25) is 0 Å². The number of methoxy groups -OCH3 is 3. The Kier molecular flexibility index (Phi) is 10.3. The zero-order valence-electron chi connectivity index (χ0n) is 17.9. The van der Waals surface area contributed by atoms with Crippen LogP contribution in [0.15, 0.2) is 17.1 Å². The molecular weight excluding hydrogens is 516 g/mol. The fourth-order valence-electron chi connectivity index (χ4n) is 3.27. The summed E-state index contributed by atoms with van der Waals surface area (Å²) in [6.45, 7) is 3.18. The van der Waals surface area contributed by atoms with Gasteiger partial charge in [-0.05, 0) is 13.0 Å². The predicted octanol–water partition coefficient (Wildman–Crippen LogP) is 2.97. The van der Waals surface area contributed by atoms with Crippen molar-refractivity contribution in [2.24, 2.45) is 4.99 Å². The van der Waals surface area contributed by atoms with Gasteiger partial charge in [-0.15, -0.1) is 24.0 Å². The molecule has 0 radical (unpaired) electrons. The Labute approximate surface area is 192 Å². The van der Waals surface area contributed by atoms with Crippen LogP contribution >= 0.6 is 24.0 Å². The van der Waals surface area contributed by atoms with Crippen LogP contribution < -0.4 is 19.5 Å². The first-order valence-electron chi connectivity index (χ1n) is 9.30. The molecule has 11 heteroatoms. The van der Waals surface area contributed by atoms with Gasteiger partial charge in [-0.1, -0.05) is 0 Å². The Morgan fingerprint density at radius 1 is 1.03 bits per heavy atom. The lowest BCUT2D eigenvalue weighted by atomic mass is 10.1. The van der Waals surface area contributed by atoms with E-state index in [1.54, 1.807) is 34.4 Å². The van der Waals surface area contributed by atoms with E-state index in [9.17, 15) is 13.2 Å². The lowest BCUT2D eigenvalue weighted by Gasteiger charge is -2.39. The van der Waals surface area contributed by atoms with E-state index >= 15 is 0 Å². The van der Waals surface area contributed by atoms with E-state index in [1.807, 2.05) is 11.0 Å². The summed E-state index contributed by atoms with van der Waals surface area (Å²) in [5.41, 5.74) is 0.843. The summed E-state index contributed by atoms with van der Waals surface area (Å²) in [5, 5.41) is 3.25. The second-order valence-electron chi connectivity index (χ2n) is 6.66.